The smallest absolute Gasteiger partial charge is 0.0453 e. The van der Waals surface area contributed by atoms with Crippen LogP contribution in [0, 0.1) is 13.8 Å². The fourth-order valence-electron chi connectivity index (χ4n) is 2.24. The third kappa shape index (κ3) is 3.59. The normalized spacial score (nSPS) is 12.4. The predicted molar refractivity (Wildman–Crippen MR) is 82.6 cm³/mol. The minimum Gasteiger partial charge on any atom is -0.306 e. The first-order chi connectivity index (χ1) is 9.08. The second kappa shape index (κ2) is 6.23. The minimum atomic E-state index is 0.318. The molecule has 0 spiro atoms. The average Bonchev–Trinajstić information content (AvgIpc) is 2.38. The molecule has 1 atom stereocenters. The number of halogens is 1. The van der Waals surface area contributed by atoms with Crippen molar-refractivity contribution in [3.05, 3.63) is 69.7 Å². The minimum absolute atomic E-state index is 0.318. The number of rotatable bonds is 4. The predicted octanol–water partition coefficient (Wildman–Crippen LogP) is 4.81. The largest absolute Gasteiger partial charge is 0.306 e. The summed E-state index contributed by atoms with van der Waals surface area (Å²) in [5.74, 6) is 0. The van der Waals surface area contributed by atoms with Crippen LogP contribution >= 0.6 is 11.6 Å². The quantitative estimate of drug-likeness (QED) is 0.843. The molecule has 2 aromatic rings. The van der Waals surface area contributed by atoms with E-state index in [0.29, 0.717) is 6.04 Å². The molecule has 0 fully saturated rings. The van der Waals surface area contributed by atoms with Gasteiger partial charge in [-0.1, -0.05) is 48.0 Å². The molecule has 0 amide bonds. The Labute approximate surface area is 120 Å². The molecule has 100 valence electrons. The summed E-state index contributed by atoms with van der Waals surface area (Å²) in [6.07, 6.45) is 0. The molecule has 2 aromatic carbocycles. The highest BCUT2D eigenvalue weighted by atomic mass is 35.5. The molecule has 0 saturated carbocycles. The highest BCUT2D eigenvalue weighted by molar-refractivity contribution is 6.31. The molecule has 0 radical (unpaired) electrons. The van der Waals surface area contributed by atoms with Crippen molar-refractivity contribution >= 4 is 11.6 Å². The zero-order valence-corrected chi connectivity index (χ0v) is 12.5. The molecule has 0 aliphatic heterocycles. The van der Waals surface area contributed by atoms with E-state index in [1.165, 1.54) is 16.7 Å². The molecule has 1 N–H and O–H groups in total. The lowest BCUT2D eigenvalue weighted by molar-refractivity contribution is 0.572. The Bertz CT molecular complexity index is 563. The Hall–Kier alpha value is -1.31. The molecule has 0 heterocycles. The van der Waals surface area contributed by atoms with Gasteiger partial charge in [0.25, 0.3) is 0 Å². The summed E-state index contributed by atoms with van der Waals surface area (Å²) in [6.45, 7) is 7.17. The van der Waals surface area contributed by atoms with E-state index >= 15 is 0 Å². The van der Waals surface area contributed by atoms with Gasteiger partial charge in [0.1, 0.15) is 0 Å². The first-order valence-corrected chi connectivity index (χ1v) is 6.99. The molecular formula is C17H20ClN. The van der Waals surface area contributed by atoms with E-state index in [2.05, 4.69) is 62.5 Å². The van der Waals surface area contributed by atoms with Crippen LogP contribution in [0.3, 0.4) is 0 Å². The van der Waals surface area contributed by atoms with E-state index in [1.807, 2.05) is 6.07 Å². The molecule has 0 aliphatic carbocycles. The Morgan fingerprint density at radius 2 is 1.84 bits per heavy atom. The number of nitrogens with one attached hydrogen (secondary N) is 1. The number of hydrogen-bond acceptors (Lipinski definition) is 1. The summed E-state index contributed by atoms with van der Waals surface area (Å²) in [5.41, 5.74) is 5.00. The van der Waals surface area contributed by atoms with Crippen LogP contribution in [-0.2, 0) is 6.54 Å². The second-order valence-electron chi connectivity index (χ2n) is 5.05. The van der Waals surface area contributed by atoms with Crippen molar-refractivity contribution in [2.75, 3.05) is 0 Å². The van der Waals surface area contributed by atoms with Gasteiger partial charge in [0.05, 0.1) is 0 Å². The highest BCUT2D eigenvalue weighted by Gasteiger charge is 2.08. The van der Waals surface area contributed by atoms with Crippen LogP contribution in [0.5, 0.6) is 0 Å². The van der Waals surface area contributed by atoms with Crippen LogP contribution < -0.4 is 5.32 Å². The Morgan fingerprint density at radius 1 is 1.11 bits per heavy atom. The van der Waals surface area contributed by atoms with Crippen LogP contribution in [0.4, 0.5) is 0 Å². The first kappa shape index (κ1) is 14.1. The molecule has 0 bridgehead atoms. The van der Waals surface area contributed by atoms with Crippen molar-refractivity contribution in [3.63, 3.8) is 0 Å². The topological polar surface area (TPSA) is 12.0 Å². The second-order valence-corrected chi connectivity index (χ2v) is 5.46. The number of aryl methyl sites for hydroxylation is 2. The maximum Gasteiger partial charge on any atom is 0.0453 e. The van der Waals surface area contributed by atoms with Gasteiger partial charge in [-0.25, -0.2) is 0 Å². The first-order valence-electron chi connectivity index (χ1n) is 6.62. The van der Waals surface area contributed by atoms with Crippen molar-refractivity contribution in [1.82, 2.24) is 5.32 Å². The molecule has 2 rings (SSSR count). The summed E-state index contributed by atoms with van der Waals surface area (Å²) in [4.78, 5) is 0. The van der Waals surface area contributed by atoms with Gasteiger partial charge in [0.2, 0.25) is 0 Å². The zero-order valence-electron chi connectivity index (χ0n) is 11.7. The van der Waals surface area contributed by atoms with Crippen LogP contribution in [0.2, 0.25) is 5.02 Å². The third-order valence-corrected chi connectivity index (χ3v) is 3.81. The van der Waals surface area contributed by atoms with Crippen LogP contribution in [-0.4, -0.2) is 0 Å². The van der Waals surface area contributed by atoms with Gasteiger partial charge in [0.15, 0.2) is 0 Å². The zero-order chi connectivity index (χ0) is 13.8. The van der Waals surface area contributed by atoms with Crippen LogP contribution in [0.25, 0.3) is 0 Å². The van der Waals surface area contributed by atoms with Crippen LogP contribution in [0.15, 0.2) is 42.5 Å². The lowest BCUT2D eigenvalue weighted by Gasteiger charge is -2.17. The standard InChI is InChI=1S/C17H20ClN/c1-12-8-9-15(17(18)10-12)11-19-14(3)16-7-5-4-6-13(16)2/h4-10,14,19H,11H2,1-3H3. The van der Waals surface area contributed by atoms with Gasteiger partial charge in [-0.2, -0.15) is 0 Å². The van der Waals surface area contributed by atoms with Crippen LogP contribution in [0.1, 0.15) is 35.2 Å². The lowest BCUT2D eigenvalue weighted by Crippen LogP contribution is -2.19. The monoisotopic (exact) mass is 273 g/mol. The van der Waals surface area contributed by atoms with E-state index in [1.54, 1.807) is 0 Å². The van der Waals surface area contributed by atoms with E-state index in [-0.39, 0.29) is 0 Å². The van der Waals surface area contributed by atoms with E-state index in [9.17, 15) is 0 Å². The van der Waals surface area contributed by atoms with Gasteiger partial charge >= 0.3 is 0 Å². The van der Waals surface area contributed by atoms with Gasteiger partial charge in [-0.15, -0.1) is 0 Å². The summed E-state index contributed by atoms with van der Waals surface area (Å²) in [6, 6.07) is 15.0. The molecule has 0 saturated heterocycles. The summed E-state index contributed by atoms with van der Waals surface area (Å²) in [5, 5.41) is 4.37. The Balaban J connectivity index is 2.04. The molecule has 1 nitrogen and oxygen atoms in total. The Morgan fingerprint density at radius 3 is 2.53 bits per heavy atom. The lowest BCUT2D eigenvalue weighted by atomic mass is 10.0. The molecule has 0 aromatic heterocycles. The summed E-state index contributed by atoms with van der Waals surface area (Å²) < 4.78 is 0. The highest BCUT2D eigenvalue weighted by Crippen LogP contribution is 2.20. The van der Waals surface area contributed by atoms with Gasteiger partial charge in [-0.05, 0) is 49.1 Å². The third-order valence-electron chi connectivity index (χ3n) is 3.46. The van der Waals surface area contributed by atoms with Crippen molar-refractivity contribution in [2.45, 2.75) is 33.4 Å². The summed E-state index contributed by atoms with van der Waals surface area (Å²) in [7, 11) is 0. The number of benzene rings is 2. The van der Waals surface area contributed by atoms with E-state index in [4.69, 9.17) is 11.6 Å². The molecule has 2 heteroatoms. The van der Waals surface area contributed by atoms with Crippen molar-refractivity contribution < 1.29 is 0 Å². The molecular weight excluding hydrogens is 254 g/mol. The van der Waals surface area contributed by atoms with Crippen molar-refractivity contribution in [2.24, 2.45) is 0 Å². The maximum atomic E-state index is 6.25. The Kier molecular flexibility index (Phi) is 4.62. The maximum absolute atomic E-state index is 6.25. The van der Waals surface area contributed by atoms with E-state index < -0.39 is 0 Å². The fraction of sp³-hybridized carbons (Fsp3) is 0.294. The molecule has 19 heavy (non-hydrogen) atoms. The van der Waals surface area contributed by atoms with E-state index in [0.717, 1.165) is 17.1 Å². The SMILES string of the molecule is Cc1ccc(CNC(C)c2ccccc2C)c(Cl)c1. The fourth-order valence-corrected chi connectivity index (χ4v) is 2.54. The van der Waals surface area contributed by atoms with Crippen molar-refractivity contribution in [1.29, 1.82) is 0 Å². The molecule has 1 unspecified atom stereocenters. The summed E-state index contributed by atoms with van der Waals surface area (Å²) >= 11 is 6.25. The number of hydrogen-bond donors (Lipinski definition) is 1. The average molecular weight is 274 g/mol. The van der Waals surface area contributed by atoms with Gasteiger partial charge in [0, 0.05) is 17.6 Å². The van der Waals surface area contributed by atoms with Gasteiger partial charge in [-0.3, -0.25) is 0 Å². The van der Waals surface area contributed by atoms with Crippen molar-refractivity contribution in [3.8, 4) is 0 Å². The molecule has 0 aliphatic rings. The van der Waals surface area contributed by atoms with Gasteiger partial charge < -0.3 is 5.32 Å².